The van der Waals surface area contributed by atoms with Crippen LogP contribution in [-0.4, -0.2) is 25.5 Å². The number of hydrogen-bond donors (Lipinski definition) is 1. The molecule has 0 bridgehead atoms. The molecule has 5 heteroatoms. The van der Waals surface area contributed by atoms with E-state index in [0.717, 1.165) is 5.56 Å². The van der Waals surface area contributed by atoms with E-state index in [9.17, 15) is 14.1 Å². The number of nitrogens with zero attached hydrogens (tertiary/aromatic N) is 1. The highest BCUT2D eigenvalue weighted by Gasteiger charge is 2.25. The minimum Gasteiger partial charge on any atom is -0.480 e. The fraction of sp³-hybridized carbons (Fsp3) is 0.200. The van der Waals surface area contributed by atoms with E-state index in [0.29, 0.717) is 5.69 Å². The number of carboxylic acid groups (broad SMARTS) is 1. The molecule has 0 aliphatic rings. The van der Waals surface area contributed by atoms with E-state index in [1.807, 2.05) is 30.3 Å². The van der Waals surface area contributed by atoms with Gasteiger partial charge in [0.1, 0.15) is 5.25 Å². The van der Waals surface area contributed by atoms with E-state index in [-0.39, 0.29) is 12.2 Å². The van der Waals surface area contributed by atoms with E-state index in [1.165, 1.54) is 0 Å². The van der Waals surface area contributed by atoms with Crippen molar-refractivity contribution in [2.24, 2.45) is 0 Å². The van der Waals surface area contributed by atoms with Crippen LogP contribution in [0.1, 0.15) is 11.3 Å². The van der Waals surface area contributed by atoms with Crippen molar-refractivity contribution in [2.45, 2.75) is 17.4 Å². The molecule has 2 unspecified atom stereocenters. The quantitative estimate of drug-likeness (QED) is 0.883. The van der Waals surface area contributed by atoms with Crippen LogP contribution >= 0.6 is 0 Å². The smallest absolute Gasteiger partial charge is 0.319 e. The Labute approximate surface area is 119 Å². The zero-order chi connectivity index (χ0) is 14.4. The first-order chi connectivity index (χ1) is 9.66. The Balaban J connectivity index is 2.09. The second-order valence-electron chi connectivity index (χ2n) is 4.36. The first-order valence-corrected chi connectivity index (χ1v) is 7.59. The summed E-state index contributed by atoms with van der Waals surface area (Å²) < 4.78 is 12.2. The van der Waals surface area contributed by atoms with E-state index < -0.39 is 22.0 Å². The lowest BCUT2D eigenvalue weighted by molar-refractivity contribution is -0.136. The summed E-state index contributed by atoms with van der Waals surface area (Å²) in [5.41, 5.74) is 1.51. The van der Waals surface area contributed by atoms with Gasteiger partial charge in [-0.05, 0) is 24.1 Å². The molecule has 4 nitrogen and oxygen atoms in total. The lowest BCUT2D eigenvalue weighted by Crippen LogP contribution is -2.29. The molecule has 0 saturated heterocycles. The predicted octanol–water partition coefficient (Wildman–Crippen LogP) is 2.03. The van der Waals surface area contributed by atoms with E-state index in [2.05, 4.69) is 4.98 Å². The second-order valence-corrected chi connectivity index (χ2v) is 5.98. The lowest BCUT2D eigenvalue weighted by Gasteiger charge is -2.12. The molecule has 104 valence electrons. The van der Waals surface area contributed by atoms with Crippen molar-refractivity contribution >= 4 is 16.8 Å². The molecule has 0 spiro atoms. The first-order valence-electron chi connectivity index (χ1n) is 6.20. The molecule has 2 atom stereocenters. The van der Waals surface area contributed by atoms with Crippen LogP contribution in [0.15, 0.2) is 54.7 Å². The maximum absolute atomic E-state index is 12.2. The number of rotatable bonds is 6. The summed E-state index contributed by atoms with van der Waals surface area (Å²) >= 11 is 0. The fourth-order valence-corrected chi connectivity index (χ4v) is 3.12. The summed E-state index contributed by atoms with van der Waals surface area (Å²) in [6, 6.07) is 14.6. The van der Waals surface area contributed by atoms with Gasteiger partial charge in [-0.2, -0.15) is 0 Å². The molecule has 0 amide bonds. The summed E-state index contributed by atoms with van der Waals surface area (Å²) in [6.07, 6.45) is 1.87. The minimum atomic E-state index is -1.50. The van der Waals surface area contributed by atoms with Gasteiger partial charge in [0.2, 0.25) is 0 Å². The van der Waals surface area contributed by atoms with Crippen molar-refractivity contribution in [1.29, 1.82) is 0 Å². The second kappa shape index (κ2) is 6.96. The summed E-state index contributed by atoms with van der Waals surface area (Å²) in [7, 11) is -1.50. The Morgan fingerprint density at radius 3 is 2.45 bits per heavy atom. The number of carbonyl (C=O) groups is 1. The average Bonchev–Trinajstić information content (AvgIpc) is 2.46. The van der Waals surface area contributed by atoms with Crippen LogP contribution in [0.3, 0.4) is 0 Å². The van der Waals surface area contributed by atoms with Gasteiger partial charge >= 0.3 is 5.97 Å². The van der Waals surface area contributed by atoms with Gasteiger partial charge in [0.05, 0.1) is 11.4 Å². The maximum Gasteiger partial charge on any atom is 0.319 e. The molecular formula is C15H15NO3S. The van der Waals surface area contributed by atoms with E-state index >= 15 is 0 Å². The summed E-state index contributed by atoms with van der Waals surface area (Å²) in [4.78, 5) is 15.4. The van der Waals surface area contributed by atoms with Crippen molar-refractivity contribution in [1.82, 2.24) is 4.98 Å². The molecule has 1 aromatic heterocycles. The van der Waals surface area contributed by atoms with Gasteiger partial charge in [0, 0.05) is 17.0 Å². The van der Waals surface area contributed by atoms with Crippen molar-refractivity contribution < 1.29 is 14.1 Å². The molecule has 0 aliphatic carbocycles. The van der Waals surface area contributed by atoms with E-state index in [1.54, 1.807) is 24.4 Å². The Morgan fingerprint density at radius 2 is 1.85 bits per heavy atom. The lowest BCUT2D eigenvalue weighted by atomic mass is 10.1. The van der Waals surface area contributed by atoms with Crippen LogP contribution in [0.5, 0.6) is 0 Å². The van der Waals surface area contributed by atoms with E-state index in [4.69, 9.17) is 0 Å². The molecule has 2 aromatic rings. The van der Waals surface area contributed by atoms with Crippen LogP contribution in [0.2, 0.25) is 0 Å². The summed E-state index contributed by atoms with van der Waals surface area (Å²) in [6.45, 7) is 0. The SMILES string of the molecule is O=C(O)C(Cc1ccccc1)S(=O)Cc1ccccn1. The monoisotopic (exact) mass is 289 g/mol. The largest absolute Gasteiger partial charge is 0.480 e. The zero-order valence-corrected chi connectivity index (χ0v) is 11.6. The summed E-state index contributed by atoms with van der Waals surface area (Å²) in [5.74, 6) is -0.881. The minimum absolute atomic E-state index is 0.157. The third kappa shape index (κ3) is 3.99. The highest BCUT2D eigenvalue weighted by atomic mass is 32.2. The predicted molar refractivity (Wildman–Crippen MR) is 77.7 cm³/mol. The fourth-order valence-electron chi connectivity index (χ4n) is 1.85. The number of pyridine rings is 1. The Kier molecular flexibility index (Phi) is 5.01. The van der Waals surface area contributed by atoms with Gasteiger partial charge in [0.25, 0.3) is 0 Å². The van der Waals surface area contributed by atoms with Gasteiger partial charge in [-0.3, -0.25) is 14.0 Å². The normalized spacial score (nSPS) is 13.6. The Morgan fingerprint density at radius 1 is 1.15 bits per heavy atom. The number of aliphatic carboxylic acids is 1. The molecule has 0 fully saturated rings. The van der Waals surface area contributed by atoms with Crippen LogP contribution in [0.4, 0.5) is 0 Å². The third-order valence-corrected chi connectivity index (χ3v) is 4.46. The van der Waals surface area contributed by atoms with Gasteiger partial charge in [-0.1, -0.05) is 36.4 Å². The molecule has 1 N–H and O–H groups in total. The van der Waals surface area contributed by atoms with Crippen molar-refractivity contribution in [2.75, 3.05) is 0 Å². The van der Waals surface area contributed by atoms with Crippen LogP contribution in [-0.2, 0) is 27.8 Å². The molecule has 0 saturated carbocycles. The van der Waals surface area contributed by atoms with Crippen molar-refractivity contribution in [3.8, 4) is 0 Å². The standard InChI is InChI=1S/C15H15NO3S/c17-15(18)14(10-12-6-2-1-3-7-12)20(19)11-13-8-4-5-9-16-13/h1-9,14H,10-11H2,(H,17,18). The van der Waals surface area contributed by atoms with Gasteiger partial charge in [0.15, 0.2) is 0 Å². The zero-order valence-electron chi connectivity index (χ0n) is 10.8. The van der Waals surface area contributed by atoms with Crippen LogP contribution in [0.25, 0.3) is 0 Å². The molecule has 0 aliphatic heterocycles. The van der Waals surface area contributed by atoms with Gasteiger partial charge in [-0.15, -0.1) is 0 Å². The van der Waals surface area contributed by atoms with Crippen molar-refractivity contribution in [3.63, 3.8) is 0 Å². The van der Waals surface area contributed by atoms with Crippen molar-refractivity contribution in [3.05, 3.63) is 66.0 Å². The molecule has 2 rings (SSSR count). The first kappa shape index (κ1) is 14.4. The van der Waals surface area contributed by atoms with Crippen LogP contribution < -0.4 is 0 Å². The Bertz CT molecular complexity index is 587. The molecular weight excluding hydrogens is 274 g/mol. The number of hydrogen-bond acceptors (Lipinski definition) is 3. The Hall–Kier alpha value is -2.01. The van der Waals surface area contributed by atoms with Gasteiger partial charge in [-0.25, -0.2) is 0 Å². The van der Waals surface area contributed by atoms with Crippen LogP contribution in [0, 0.1) is 0 Å². The molecule has 1 heterocycles. The summed E-state index contributed by atoms with van der Waals surface area (Å²) in [5, 5.41) is 8.35. The number of aromatic nitrogens is 1. The molecule has 1 aromatic carbocycles. The average molecular weight is 289 g/mol. The van der Waals surface area contributed by atoms with Gasteiger partial charge < -0.3 is 5.11 Å². The number of carboxylic acids is 1. The third-order valence-electron chi connectivity index (χ3n) is 2.87. The highest BCUT2D eigenvalue weighted by Crippen LogP contribution is 2.12. The highest BCUT2D eigenvalue weighted by molar-refractivity contribution is 7.85. The molecule has 0 radical (unpaired) electrons. The maximum atomic E-state index is 12.2. The number of benzene rings is 1. The topological polar surface area (TPSA) is 67.3 Å². The molecule has 20 heavy (non-hydrogen) atoms.